The number of amides is 1. The number of nitrogens with one attached hydrogen (secondary N) is 1. The number of benzene rings is 1. The lowest BCUT2D eigenvalue weighted by Gasteiger charge is -2.28. The number of hydrogen-bond acceptors (Lipinski definition) is 1. The van der Waals surface area contributed by atoms with E-state index in [4.69, 9.17) is 0 Å². The molecule has 2 atom stereocenters. The third kappa shape index (κ3) is 1.88. The minimum absolute atomic E-state index is 0.183. The van der Waals surface area contributed by atoms with Crippen LogP contribution in [0.1, 0.15) is 31.7 Å². The Morgan fingerprint density at radius 3 is 2.50 bits per heavy atom. The first-order chi connectivity index (χ1) is 7.54. The molecule has 2 nitrogen and oxygen atoms in total. The highest BCUT2D eigenvalue weighted by Gasteiger charge is 2.42. The van der Waals surface area contributed by atoms with Crippen LogP contribution in [-0.2, 0) is 4.79 Å². The zero-order valence-corrected chi connectivity index (χ0v) is 11.2. The maximum absolute atomic E-state index is 11.9. The van der Waals surface area contributed by atoms with Gasteiger partial charge in [-0.3, -0.25) is 4.79 Å². The van der Waals surface area contributed by atoms with Gasteiger partial charge in [-0.2, -0.15) is 0 Å². The average molecular weight is 282 g/mol. The lowest BCUT2D eigenvalue weighted by Crippen LogP contribution is -2.33. The number of carbonyl (C=O) groups is 1. The second-order valence-electron chi connectivity index (χ2n) is 4.70. The molecule has 0 aliphatic carbocycles. The maximum Gasteiger partial charge on any atom is 0.226 e. The molecule has 0 aromatic heterocycles. The number of rotatable bonds is 2. The van der Waals surface area contributed by atoms with Crippen molar-refractivity contribution >= 4 is 21.8 Å². The summed E-state index contributed by atoms with van der Waals surface area (Å²) in [5.74, 6) is 0.436. The van der Waals surface area contributed by atoms with E-state index >= 15 is 0 Å². The molecule has 1 fully saturated rings. The second-order valence-corrected chi connectivity index (χ2v) is 5.61. The first-order valence-corrected chi connectivity index (χ1v) is 6.37. The SMILES string of the molecule is CC(c1ccc(Br)cc1)[C@]1(C)CCNC1=O. The van der Waals surface area contributed by atoms with Crippen molar-refractivity contribution in [1.82, 2.24) is 5.32 Å². The van der Waals surface area contributed by atoms with Crippen LogP contribution < -0.4 is 5.32 Å². The van der Waals surface area contributed by atoms with Gasteiger partial charge in [0.1, 0.15) is 0 Å². The maximum atomic E-state index is 11.9. The fourth-order valence-electron chi connectivity index (χ4n) is 2.28. The molecule has 1 heterocycles. The molecule has 1 aliphatic heterocycles. The van der Waals surface area contributed by atoms with Gasteiger partial charge in [-0.05, 0) is 30.0 Å². The molecule has 1 aromatic rings. The van der Waals surface area contributed by atoms with E-state index in [-0.39, 0.29) is 17.2 Å². The van der Waals surface area contributed by atoms with Crippen LogP contribution in [0.3, 0.4) is 0 Å². The first kappa shape index (κ1) is 11.6. The Hall–Kier alpha value is -0.830. The normalized spacial score (nSPS) is 26.6. The smallest absolute Gasteiger partial charge is 0.226 e. The predicted molar refractivity (Wildman–Crippen MR) is 68.3 cm³/mol. The molecule has 1 saturated heterocycles. The van der Waals surface area contributed by atoms with E-state index in [1.54, 1.807) is 0 Å². The summed E-state index contributed by atoms with van der Waals surface area (Å²) in [6, 6.07) is 8.24. The largest absolute Gasteiger partial charge is 0.356 e. The van der Waals surface area contributed by atoms with Gasteiger partial charge in [0.15, 0.2) is 0 Å². The van der Waals surface area contributed by atoms with Crippen LogP contribution in [0.5, 0.6) is 0 Å². The first-order valence-electron chi connectivity index (χ1n) is 5.58. The predicted octanol–water partition coefficient (Wildman–Crippen LogP) is 3.08. The zero-order valence-electron chi connectivity index (χ0n) is 9.59. The Bertz CT molecular complexity index is 401. The Morgan fingerprint density at radius 2 is 2.00 bits per heavy atom. The average Bonchev–Trinajstić information content (AvgIpc) is 2.61. The zero-order chi connectivity index (χ0) is 11.8. The van der Waals surface area contributed by atoms with E-state index in [1.165, 1.54) is 5.56 Å². The number of hydrogen-bond donors (Lipinski definition) is 1. The molecule has 0 saturated carbocycles. The van der Waals surface area contributed by atoms with E-state index in [9.17, 15) is 4.79 Å². The summed E-state index contributed by atoms with van der Waals surface area (Å²) < 4.78 is 1.07. The standard InChI is InChI=1S/C13H16BrNO/c1-9(10-3-5-11(14)6-4-10)13(2)7-8-15-12(13)16/h3-6,9H,7-8H2,1-2H3,(H,15,16)/t9?,13-/m0/s1. The van der Waals surface area contributed by atoms with E-state index in [0.717, 1.165) is 17.4 Å². The quantitative estimate of drug-likeness (QED) is 0.887. The summed E-state index contributed by atoms with van der Waals surface area (Å²) in [5, 5.41) is 2.92. The Kier molecular flexibility index (Phi) is 3.06. The highest BCUT2D eigenvalue weighted by Crippen LogP contribution is 2.41. The summed E-state index contributed by atoms with van der Waals surface area (Å²) in [6.07, 6.45) is 0.920. The molecular weight excluding hydrogens is 266 g/mol. The molecule has 1 amide bonds. The topological polar surface area (TPSA) is 29.1 Å². The van der Waals surface area contributed by atoms with Crippen LogP contribution in [-0.4, -0.2) is 12.5 Å². The van der Waals surface area contributed by atoms with Crippen molar-refractivity contribution < 1.29 is 4.79 Å². The molecule has 0 spiro atoms. The van der Waals surface area contributed by atoms with Gasteiger partial charge in [-0.15, -0.1) is 0 Å². The van der Waals surface area contributed by atoms with Gasteiger partial charge < -0.3 is 5.32 Å². The number of carbonyl (C=O) groups excluding carboxylic acids is 1. The fraction of sp³-hybridized carbons (Fsp3) is 0.462. The third-order valence-electron chi connectivity index (χ3n) is 3.77. The van der Waals surface area contributed by atoms with Crippen LogP contribution in [0, 0.1) is 5.41 Å². The molecule has 1 aliphatic rings. The summed E-state index contributed by atoms with van der Waals surface area (Å²) in [7, 11) is 0. The van der Waals surface area contributed by atoms with Gasteiger partial charge in [0.05, 0.1) is 5.41 Å². The Labute approximate surface area is 105 Å². The van der Waals surface area contributed by atoms with Crippen LogP contribution >= 0.6 is 15.9 Å². The van der Waals surface area contributed by atoms with Gasteiger partial charge in [0.25, 0.3) is 0 Å². The van der Waals surface area contributed by atoms with Gasteiger partial charge in [0, 0.05) is 11.0 Å². The number of halogens is 1. The van der Waals surface area contributed by atoms with Gasteiger partial charge >= 0.3 is 0 Å². The molecule has 2 rings (SSSR count). The third-order valence-corrected chi connectivity index (χ3v) is 4.30. The Balaban J connectivity index is 2.27. The lowest BCUT2D eigenvalue weighted by molar-refractivity contribution is -0.127. The molecule has 1 unspecified atom stereocenters. The summed E-state index contributed by atoms with van der Waals surface area (Å²) in [4.78, 5) is 11.9. The Morgan fingerprint density at radius 1 is 1.38 bits per heavy atom. The van der Waals surface area contributed by atoms with Crippen LogP contribution in [0.15, 0.2) is 28.7 Å². The minimum Gasteiger partial charge on any atom is -0.356 e. The van der Waals surface area contributed by atoms with Gasteiger partial charge in [-0.1, -0.05) is 41.9 Å². The molecule has 0 bridgehead atoms. The van der Waals surface area contributed by atoms with E-state index in [1.807, 2.05) is 12.1 Å². The second kappa shape index (κ2) is 4.21. The molecule has 1 aromatic carbocycles. The molecule has 86 valence electrons. The van der Waals surface area contributed by atoms with Crippen molar-refractivity contribution in [2.45, 2.75) is 26.2 Å². The van der Waals surface area contributed by atoms with Crippen molar-refractivity contribution in [3.05, 3.63) is 34.3 Å². The summed E-state index contributed by atoms with van der Waals surface area (Å²) in [5.41, 5.74) is 0.969. The summed E-state index contributed by atoms with van der Waals surface area (Å²) in [6.45, 7) is 4.99. The van der Waals surface area contributed by atoms with E-state index in [2.05, 4.69) is 47.2 Å². The van der Waals surface area contributed by atoms with Gasteiger partial charge in [-0.25, -0.2) is 0 Å². The fourth-order valence-corrected chi connectivity index (χ4v) is 2.55. The van der Waals surface area contributed by atoms with Crippen molar-refractivity contribution in [3.63, 3.8) is 0 Å². The van der Waals surface area contributed by atoms with Crippen molar-refractivity contribution in [2.24, 2.45) is 5.41 Å². The highest BCUT2D eigenvalue weighted by atomic mass is 79.9. The minimum atomic E-state index is -0.256. The van der Waals surface area contributed by atoms with Gasteiger partial charge in [0.2, 0.25) is 5.91 Å². The molecule has 1 N–H and O–H groups in total. The van der Waals surface area contributed by atoms with E-state index < -0.39 is 0 Å². The van der Waals surface area contributed by atoms with Crippen molar-refractivity contribution in [3.8, 4) is 0 Å². The van der Waals surface area contributed by atoms with Crippen LogP contribution in [0.25, 0.3) is 0 Å². The van der Waals surface area contributed by atoms with Crippen molar-refractivity contribution in [2.75, 3.05) is 6.54 Å². The molecule has 16 heavy (non-hydrogen) atoms. The van der Waals surface area contributed by atoms with Crippen LogP contribution in [0.4, 0.5) is 0 Å². The van der Waals surface area contributed by atoms with Crippen molar-refractivity contribution in [1.29, 1.82) is 0 Å². The molecular formula is C13H16BrNO. The monoisotopic (exact) mass is 281 g/mol. The lowest BCUT2D eigenvalue weighted by atomic mass is 9.73. The summed E-state index contributed by atoms with van der Waals surface area (Å²) >= 11 is 3.42. The van der Waals surface area contributed by atoms with E-state index in [0.29, 0.717) is 0 Å². The highest BCUT2D eigenvalue weighted by molar-refractivity contribution is 9.10. The molecule has 3 heteroatoms. The van der Waals surface area contributed by atoms with Crippen LogP contribution in [0.2, 0.25) is 0 Å². The molecule has 0 radical (unpaired) electrons.